The number of aliphatic hydroxyl groups excluding tert-OH is 1. The molecule has 1 aliphatic rings. The zero-order valence-electron chi connectivity index (χ0n) is 19.5. The molecule has 0 aromatic carbocycles. The number of nitrogens with two attached hydrogens (primary N) is 1. The summed E-state index contributed by atoms with van der Waals surface area (Å²) in [7, 11) is 2.50. The molecule has 0 saturated heterocycles. The summed E-state index contributed by atoms with van der Waals surface area (Å²) < 4.78 is 16.4. The highest BCUT2D eigenvalue weighted by molar-refractivity contribution is 6.60. The second-order valence-electron chi connectivity index (χ2n) is 8.36. The summed E-state index contributed by atoms with van der Waals surface area (Å²) in [6.07, 6.45) is 6.19. The van der Waals surface area contributed by atoms with E-state index in [1.165, 1.54) is 12.8 Å². The van der Waals surface area contributed by atoms with Crippen LogP contribution in [0.25, 0.3) is 0 Å². The molecule has 1 fully saturated rings. The van der Waals surface area contributed by atoms with Crippen LogP contribution in [0.3, 0.4) is 0 Å². The second kappa shape index (κ2) is 15.8. The minimum Gasteiger partial charge on any atom is -0.391 e. The Morgan fingerprint density at radius 2 is 1.61 bits per heavy atom. The molecular formula is C21H48N2O4Si. The first kappa shape index (κ1) is 28.0. The summed E-state index contributed by atoms with van der Waals surface area (Å²) >= 11 is 0. The zero-order valence-corrected chi connectivity index (χ0v) is 20.5. The first-order chi connectivity index (χ1) is 13.3. The Hall–Kier alpha value is -0.0231. The van der Waals surface area contributed by atoms with Gasteiger partial charge in [-0.1, -0.05) is 40.5 Å². The molecule has 0 aromatic heterocycles. The molecule has 1 aliphatic carbocycles. The number of nitrogens with one attached hydrogen (secondary N) is 1. The van der Waals surface area contributed by atoms with E-state index in [-0.39, 0.29) is 12.1 Å². The van der Waals surface area contributed by atoms with E-state index >= 15 is 0 Å². The smallest absolute Gasteiger partial charge is 0.391 e. The highest BCUT2D eigenvalue weighted by Gasteiger charge is 2.39. The Balaban J connectivity index is 0.00000105. The lowest BCUT2D eigenvalue weighted by molar-refractivity contribution is 0.0596. The fourth-order valence-electron chi connectivity index (χ4n) is 3.33. The Bertz CT molecular complexity index is 360. The molecule has 1 saturated carbocycles. The molecule has 28 heavy (non-hydrogen) atoms. The Kier molecular flexibility index (Phi) is 15.8. The molecule has 0 aromatic rings. The van der Waals surface area contributed by atoms with Crippen LogP contribution >= 0.6 is 0 Å². The van der Waals surface area contributed by atoms with Crippen molar-refractivity contribution in [1.82, 2.24) is 5.32 Å². The van der Waals surface area contributed by atoms with Crippen LogP contribution in [0, 0.1) is 17.8 Å². The highest BCUT2D eigenvalue weighted by Crippen LogP contribution is 2.31. The summed E-state index contributed by atoms with van der Waals surface area (Å²) in [6.45, 7) is 10.6. The molecule has 4 N–H and O–H groups in total. The van der Waals surface area contributed by atoms with E-state index in [1.54, 1.807) is 21.3 Å². The van der Waals surface area contributed by atoms with Gasteiger partial charge in [0.25, 0.3) is 0 Å². The highest BCUT2D eigenvalue weighted by atomic mass is 28.4. The van der Waals surface area contributed by atoms with Gasteiger partial charge in [-0.05, 0) is 56.5 Å². The number of rotatable bonds is 12. The molecule has 0 bridgehead atoms. The molecule has 0 spiro atoms. The molecule has 5 unspecified atom stereocenters. The maximum absolute atomic E-state index is 10.4. The van der Waals surface area contributed by atoms with E-state index in [2.05, 4.69) is 33.0 Å². The van der Waals surface area contributed by atoms with Crippen LogP contribution in [-0.4, -0.2) is 60.5 Å². The van der Waals surface area contributed by atoms with Gasteiger partial charge in [-0.25, -0.2) is 0 Å². The molecule has 1 rings (SSSR count). The summed E-state index contributed by atoms with van der Waals surface area (Å²) in [5, 5.41) is 13.9. The van der Waals surface area contributed by atoms with Gasteiger partial charge in [-0.3, -0.25) is 0 Å². The molecule has 0 heterocycles. The third-order valence-electron chi connectivity index (χ3n) is 6.24. The van der Waals surface area contributed by atoms with Gasteiger partial charge in [0, 0.05) is 33.4 Å². The summed E-state index contributed by atoms with van der Waals surface area (Å²) in [4.78, 5) is 0. The quantitative estimate of drug-likeness (QED) is 0.420. The van der Waals surface area contributed by atoms with Crippen LogP contribution in [0.5, 0.6) is 0 Å². The van der Waals surface area contributed by atoms with Gasteiger partial charge in [-0.2, -0.15) is 0 Å². The topological polar surface area (TPSA) is 86.0 Å². The van der Waals surface area contributed by atoms with E-state index in [0.29, 0.717) is 17.8 Å². The van der Waals surface area contributed by atoms with Crippen molar-refractivity contribution >= 4 is 8.80 Å². The van der Waals surface area contributed by atoms with E-state index in [4.69, 9.17) is 19.0 Å². The maximum atomic E-state index is 10.4. The Morgan fingerprint density at radius 3 is 2.00 bits per heavy atom. The van der Waals surface area contributed by atoms with Crippen LogP contribution in [0.15, 0.2) is 0 Å². The summed E-state index contributed by atoms with van der Waals surface area (Å²) in [5.41, 5.74) is 5.28. The van der Waals surface area contributed by atoms with Crippen LogP contribution in [-0.2, 0) is 13.3 Å². The Morgan fingerprint density at radius 1 is 1.04 bits per heavy atom. The van der Waals surface area contributed by atoms with Gasteiger partial charge in [0.15, 0.2) is 0 Å². The van der Waals surface area contributed by atoms with Crippen molar-refractivity contribution in [1.29, 1.82) is 0 Å². The summed E-state index contributed by atoms with van der Waals surface area (Å²) in [6, 6.07) is 1.07. The molecule has 0 radical (unpaired) electrons. The largest absolute Gasteiger partial charge is 0.500 e. The molecule has 0 aliphatic heterocycles. The molecule has 5 atom stereocenters. The predicted molar refractivity (Wildman–Crippen MR) is 119 cm³/mol. The molecular weight excluding hydrogens is 372 g/mol. The van der Waals surface area contributed by atoms with Gasteiger partial charge in [0.1, 0.15) is 0 Å². The minimum atomic E-state index is -2.47. The average molecular weight is 421 g/mol. The fraction of sp³-hybridized carbons (Fsp3) is 1.00. The molecule has 0 amide bonds. The third kappa shape index (κ3) is 10.7. The first-order valence-corrected chi connectivity index (χ1v) is 13.0. The molecule has 7 heteroatoms. The van der Waals surface area contributed by atoms with Gasteiger partial charge in [0.05, 0.1) is 6.10 Å². The lowest BCUT2D eigenvalue weighted by Crippen LogP contribution is -2.46. The fourth-order valence-corrected chi connectivity index (χ4v) is 5.21. The van der Waals surface area contributed by atoms with Crippen molar-refractivity contribution < 1.29 is 18.4 Å². The van der Waals surface area contributed by atoms with Crippen molar-refractivity contribution in [2.24, 2.45) is 23.5 Å². The van der Waals surface area contributed by atoms with Gasteiger partial charge in [0.2, 0.25) is 0 Å². The van der Waals surface area contributed by atoms with Crippen LogP contribution < -0.4 is 11.1 Å². The third-order valence-corrected chi connectivity index (χ3v) is 9.01. The number of aliphatic hydroxyl groups is 1. The maximum Gasteiger partial charge on any atom is 0.500 e. The second-order valence-corrected chi connectivity index (χ2v) is 11.4. The standard InChI is InChI=1S/C16H35NO4Si.C5H13N/c1-6-13(2)12-17-15-8-7-14(11-16(15)18)9-10-22(19-3,20-4)21-5;1-3-5(2)4-6/h13-18H,6-12H2,1-5H3;5H,3-4,6H2,1-2H3. The van der Waals surface area contributed by atoms with Crippen LogP contribution in [0.2, 0.25) is 6.04 Å². The SMILES string of the molecule is CCC(C)CN.CCC(C)CNC1CCC(CC[Si](OC)(OC)OC)CC1O. The monoisotopic (exact) mass is 420 g/mol. The van der Waals surface area contributed by atoms with Gasteiger partial charge in [-0.15, -0.1) is 0 Å². The number of hydrogen-bond donors (Lipinski definition) is 3. The van der Waals surface area contributed by atoms with Crippen molar-refractivity contribution in [3.8, 4) is 0 Å². The number of hydrogen-bond acceptors (Lipinski definition) is 6. The lowest BCUT2D eigenvalue weighted by atomic mass is 9.82. The minimum absolute atomic E-state index is 0.244. The first-order valence-electron chi connectivity index (χ1n) is 11.1. The van der Waals surface area contributed by atoms with E-state index in [9.17, 15) is 5.11 Å². The average Bonchev–Trinajstić information content (AvgIpc) is 2.74. The van der Waals surface area contributed by atoms with Crippen molar-refractivity contribution in [2.45, 2.75) is 84.4 Å². The lowest BCUT2D eigenvalue weighted by Gasteiger charge is -2.35. The van der Waals surface area contributed by atoms with Crippen molar-refractivity contribution in [2.75, 3.05) is 34.4 Å². The summed E-state index contributed by atoms with van der Waals surface area (Å²) in [5.74, 6) is 1.91. The van der Waals surface area contributed by atoms with Crippen LogP contribution in [0.4, 0.5) is 0 Å². The van der Waals surface area contributed by atoms with Gasteiger partial charge >= 0.3 is 8.80 Å². The van der Waals surface area contributed by atoms with E-state index < -0.39 is 8.80 Å². The van der Waals surface area contributed by atoms with Crippen molar-refractivity contribution in [3.63, 3.8) is 0 Å². The van der Waals surface area contributed by atoms with Gasteiger partial charge < -0.3 is 29.4 Å². The zero-order chi connectivity index (χ0) is 21.6. The normalized spacial score (nSPS) is 25.0. The van der Waals surface area contributed by atoms with Crippen molar-refractivity contribution in [3.05, 3.63) is 0 Å². The Labute approximate surface area is 175 Å². The van der Waals surface area contributed by atoms with E-state index in [0.717, 1.165) is 44.8 Å². The van der Waals surface area contributed by atoms with Crippen LogP contribution in [0.1, 0.15) is 66.2 Å². The molecule has 6 nitrogen and oxygen atoms in total. The predicted octanol–water partition coefficient (Wildman–Crippen LogP) is 3.41. The molecule has 170 valence electrons. The van der Waals surface area contributed by atoms with E-state index in [1.807, 2.05) is 0 Å².